The van der Waals surface area contributed by atoms with E-state index in [2.05, 4.69) is 4.98 Å². The van der Waals surface area contributed by atoms with Gasteiger partial charge in [0.25, 0.3) is 5.56 Å². The minimum absolute atomic E-state index is 0.0358. The van der Waals surface area contributed by atoms with E-state index in [1.165, 1.54) is 0 Å². The summed E-state index contributed by atoms with van der Waals surface area (Å²) in [5.41, 5.74) is -1.85. The summed E-state index contributed by atoms with van der Waals surface area (Å²) >= 11 is 0. The Labute approximate surface area is 139 Å². The third-order valence-corrected chi connectivity index (χ3v) is 7.46. The lowest BCUT2D eigenvalue weighted by atomic mass is 10.2. The van der Waals surface area contributed by atoms with Gasteiger partial charge in [-0.15, -0.1) is 0 Å². The van der Waals surface area contributed by atoms with Gasteiger partial charge in [0.2, 0.25) is 10.0 Å². The first-order chi connectivity index (χ1) is 11.0. The number of hydrogen-bond acceptors (Lipinski definition) is 7. The van der Waals surface area contributed by atoms with E-state index in [0.29, 0.717) is 6.54 Å². The third kappa shape index (κ3) is 4.12. The fourth-order valence-electron chi connectivity index (χ4n) is 2.52. The first kappa shape index (κ1) is 18.8. The standard InChI is InChI=1S/C12H20N4O6S2/c1-15(2)4-5-16(9-3-6-23(19,20)8-9)24(21,22)10-7-13-12(18)14-11(10)17/h7,9H,3-6,8H2,1-2H3,(H2,13,14,17,18). The Bertz CT molecular complexity index is 915. The van der Waals surface area contributed by atoms with Gasteiger partial charge in [-0.25, -0.2) is 21.6 Å². The van der Waals surface area contributed by atoms with E-state index in [-0.39, 0.29) is 24.5 Å². The van der Waals surface area contributed by atoms with Gasteiger partial charge in [-0.2, -0.15) is 4.31 Å². The number of aromatic amines is 2. The van der Waals surface area contributed by atoms with Crippen molar-refractivity contribution in [3.63, 3.8) is 0 Å². The van der Waals surface area contributed by atoms with Crippen LogP contribution in [-0.2, 0) is 19.9 Å². The molecule has 12 heteroatoms. The van der Waals surface area contributed by atoms with E-state index in [9.17, 15) is 26.4 Å². The van der Waals surface area contributed by atoms with Crippen LogP contribution in [0.4, 0.5) is 0 Å². The summed E-state index contributed by atoms with van der Waals surface area (Å²) in [4.78, 5) is 28.1. The maximum atomic E-state index is 12.8. The highest BCUT2D eigenvalue weighted by Gasteiger charge is 2.39. The van der Waals surface area contributed by atoms with E-state index in [0.717, 1.165) is 10.5 Å². The van der Waals surface area contributed by atoms with Crippen LogP contribution in [0.5, 0.6) is 0 Å². The quantitative estimate of drug-likeness (QED) is 0.571. The molecule has 0 bridgehead atoms. The maximum absolute atomic E-state index is 12.8. The molecule has 0 radical (unpaired) electrons. The second-order valence-electron chi connectivity index (χ2n) is 5.91. The van der Waals surface area contributed by atoms with Crippen molar-refractivity contribution in [2.75, 3.05) is 38.7 Å². The lowest BCUT2D eigenvalue weighted by molar-refractivity contribution is 0.293. The van der Waals surface area contributed by atoms with Crippen LogP contribution in [0.15, 0.2) is 20.7 Å². The monoisotopic (exact) mass is 380 g/mol. The van der Waals surface area contributed by atoms with Crippen molar-refractivity contribution in [1.82, 2.24) is 19.2 Å². The minimum atomic E-state index is -4.25. The zero-order valence-electron chi connectivity index (χ0n) is 13.4. The number of aromatic nitrogens is 2. The third-order valence-electron chi connectivity index (χ3n) is 3.76. The molecule has 2 N–H and O–H groups in total. The number of nitrogens with zero attached hydrogens (tertiary/aromatic N) is 2. The number of nitrogens with one attached hydrogen (secondary N) is 2. The molecular weight excluding hydrogens is 360 g/mol. The summed E-state index contributed by atoms with van der Waals surface area (Å²) in [6.07, 6.45) is 1.01. The van der Waals surface area contributed by atoms with Crippen molar-refractivity contribution in [1.29, 1.82) is 0 Å². The molecule has 0 spiro atoms. The van der Waals surface area contributed by atoms with E-state index in [1.807, 2.05) is 4.98 Å². The van der Waals surface area contributed by atoms with E-state index in [4.69, 9.17) is 0 Å². The van der Waals surface area contributed by atoms with E-state index < -0.39 is 42.0 Å². The zero-order valence-corrected chi connectivity index (χ0v) is 15.0. The van der Waals surface area contributed by atoms with Gasteiger partial charge in [0, 0.05) is 25.3 Å². The highest BCUT2D eigenvalue weighted by atomic mass is 32.2. The molecule has 0 amide bonds. The first-order valence-electron chi connectivity index (χ1n) is 7.22. The summed E-state index contributed by atoms with van der Waals surface area (Å²) in [7, 11) is -4.05. The first-order valence-corrected chi connectivity index (χ1v) is 10.5. The van der Waals surface area contributed by atoms with Crippen LogP contribution >= 0.6 is 0 Å². The van der Waals surface area contributed by atoms with Gasteiger partial charge in [-0.3, -0.25) is 9.78 Å². The predicted octanol–water partition coefficient (Wildman–Crippen LogP) is -2.20. The topological polar surface area (TPSA) is 140 Å². The maximum Gasteiger partial charge on any atom is 0.325 e. The van der Waals surface area contributed by atoms with Gasteiger partial charge >= 0.3 is 5.69 Å². The normalized spacial score (nSPS) is 20.8. The molecule has 2 rings (SSSR count). The molecule has 0 aromatic carbocycles. The van der Waals surface area contributed by atoms with Crippen molar-refractivity contribution in [3.8, 4) is 0 Å². The molecule has 10 nitrogen and oxygen atoms in total. The molecule has 2 heterocycles. The van der Waals surface area contributed by atoms with Crippen LogP contribution in [0.25, 0.3) is 0 Å². The van der Waals surface area contributed by atoms with Gasteiger partial charge in [0.05, 0.1) is 11.5 Å². The molecule has 1 aromatic heterocycles. The predicted molar refractivity (Wildman–Crippen MR) is 87.2 cm³/mol. The molecule has 1 aliphatic rings. The Morgan fingerprint density at radius 1 is 1.25 bits per heavy atom. The van der Waals surface area contributed by atoms with Gasteiger partial charge in [0.15, 0.2) is 14.7 Å². The minimum Gasteiger partial charge on any atom is -0.313 e. The highest BCUT2D eigenvalue weighted by Crippen LogP contribution is 2.23. The van der Waals surface area contributed by atoms with Crippen molar-refractivity contribution in [2.24, 2.45) is 0 Å². The molecule has 0 saturated carbocycles. The van der Waals surface area contributed by atoms with Gasteiger partial charge in [0.1, 0.15) is 0 Å². The Morgan fingerprint density at radius 2 is 1.92 bits per heavy atom. The molecule has 24 heavy (non-hydrogen) atoms. The second-order valence-corrected chi connectivity index (χ2v) is 10.00. The van der Waals surface area contributed by atoms with Crippen molar-refractivity contribution < 1.29 is 16.8 Å². The summed E-state index contributed by atoms with van der Waals surface area (Å²) < 4.78 is 50.2. The molecular formula is C12H20N4O6S2. The van der Waals surface area contributed by atoms with Crippen molar-refractivity contribution >= 4 is 19.9 Å². The Kier molecular flexibility index (Phi) is 5.32. The highest BCUT2D eigenvalue weighted by molar-refractivity contribution is 7.92. The molecule has 136 valence electrons. The number of rotatable bonds is 6. The molecule has 1 saturated heterocycles. The summed E-state index contributed by atoms with van der Waals surface area (Å²) in [6, 6.07) is -0.730. The number of sulfone groups is 1. The lowest BCUT2D eigenvalue weighted by Gasteiger charge is -2.28. The molecule has 1 aliphatic heterocycles. The Hall–Kier alpha value is -1.50. The Morgan fingerprint density at radius 3 is 2.42 bits per heavy atom. The number of hydrogen-bond donors (Lipinski definition) is 2. The SMILES string of the molecule is CN(C)CCN(C1CCS(=O)(=O)C1)S(=O)(=O)c1c[nH]c(=O)[nH]c1=O. The molecule has 1 fully saturated rings. The second kappa shape index (κ2) is 6.78. The molecule has 1 aromatic rings. The van der Waals surface area contributed by atoms with Gasteiger partial charge in [-0.05, 0) is 20.5 Å². The van der Waals surface area contributed by atoms with Crippen LogP contribution in [-0.4, -0.2) is 80.7 Å². The molecule has 0 aliphatic carbocycles. The average molecular weight is 380 g/mol. The smallest absolute Gasteiger partial charge is 0.313 e. The number of likely N-dealkylation sites (N-methyl/N-ethyl adjacent to an activating group) is 1. The zero-order chi connectivity index (χ0) is 18.1. The Balaban J connectivity index is 2.45. The fraction of sp³-hybridized carbons (Fsp3) is 0.667. The van der Waals surface area contributed by atoms with Gasteiger partial charge < -0.3 is 9.88 Å². The average Bonchev–Trinajstić information content (AvgIpc) is 2.77. The number of sulfonamides is 1. The van der Waals surface area contributed by atoms with E-state index in [1.54, 1.807) is 19.0 Å². The fourth-order valence-corrected chi connectivity index (χ4v) is 5.98. The van der Waals surface area contributed by atoms with Crippen LogP contribution < -0.4 is 11.2 Å². The largest absolute Gasteiger partial charge is 0.325 e. The summed E-state index contributed by atoms with van der Waals surface area (Å²) in [5.74, 6) is -0.367. The van der Waals surface area contributed by atoms with Crippen LogP contribution in [0.2, 0.25) is 0 Å². The van der Waals surface area contributed by atoms with Crippen LogP contribution in [0.3, 0.4) is 0 Å². The van der Waals surface area contributed by atoms with Gasteiger partial charge in [-0.1, -0.05) is 0 Å². The van der Waals surface area contributed by atoms with Crippen LogP contribution in [0, 0.1) is 0 Å². The molecule has 1 atom stereocenters. The van der Waals surface area contributed by atoms with Crippen molar-refractivity contribution in [2.45, 2.75) is 17.4 Å². The summed E-state index contributed by atoms with van der Waals surface area (Å²) in [6.45, 7) is 0.394. The molecule has 1 unspecified atom stereocenters. The number of H-pyrrole nitrogens is 2. The van der Waals surface area contributed by atoms with E-state index >= 15 is 0 Å². The van der Waals surface area contributed by atoms with Crippen molar-refractivity contribution in [3.05, 3.63) is 27.0 Å². The van der Waals surface area contributed by atoms with Crippen LogP contribution in [0.1, 0.15) is 6.42 Å². The lowest BCUT2D eigenvalue weighted by Crippen LogP contribution is -2.46. The summed E-state index contributed by atoms with van der Waals surface area (Å²) in [5, 5.41) is 0.